The van der Waals surface area contributed by atoms with Crippen molar-refractivity contribution in [1.29, 1.82) is 0 Å². The van der Waals surface area contributed by atoms with Gasteiger partial charge >= 0.3 is 0 Å². The van der Waals surface area contributed by atoms with Gasteiger partial charge in [0, 0.05) is 21.7 Å². The molecule has 0 atom stereocenters. The van der Waals surface area contributed by atoms with Gasteiger partial charge in [-0.1, -0.05) is 105 Å². The SMILES string of the molecule is Clc1ccc(-c2cc(-c3ccc(/C=C/c4ccccc4Br)cc3)on2)cc1Cl. The molecule has 0 bridgehead atoms. The van der Waals surface area contributed by atoms with Gasteiger partial charge in [0.1, 0.15) is 5.69 Å². The summed E-state index contributed by atoms with van der Waals surface area (Å²) in [6.07, 6.45) is 4.15. The maximum absolute atomic E-state index is 6.09. The Morgan fingerprint density at radius 2 is 1.54 bits per heavy atom. The van der Waals surface area contributed by atoms with Crippen molar-refractivity contribution in [1.82, 2.24) is 5.16 Å². The van der Waals surface area contributed by atoms with Gasteiger partial charge in [0.2, 0.25) is 0 Å². The molecule has 0 spiro atoms. The van der Waals surface area contributed by atoms with E-state index in [-0.39, 0.29) is 0 Å². The molecule has 3 aromatic carbocycles. The molecule has 0 N–H and O–H groups in total. The molecule has 138 valence electrons. The highest BCUT2D eigenvalue weighted by Crippen LogP contribution is 2.31. The molecule has 1 aromatic heterocycles. The molecule has 0 aliphatic carbocycles. The first kappa shape index (κ1) is 19.0. The second kappa shape index (κ2) is 8.36. The van der Waals surface area contributed by atoms with E-state index in [1.165, 1.54) is 0 Å². The summed E-state index contributed by atoms with van der Waals surface area (Å²) in [6, 6.07) is 23.5. The lowest BCUT2D eigenvalue weighted by atomic mass is 10.1. The predicted molar refractivity (Wildman–Crippen MR) is 120 cm³/mol. The van der Waals surface area contributed by atoms with Gasteiger partial charge in [-0.05, 0) is 29.3 Å². The third kappa shape index (κ3) is 4.22. The number of hydrogen-bond acceptors (Lipinski definition) is 2. The van der Waals surface area contributed by atoms with Crippen LogP contribution in [0.15, 0.2) is 81.8 Å². The van der Waals surface area contributed by atoms with Crippen LogP contribution in [0.1, 0.15) is 11.1 Å². The summed E-state index contributed by atoms with van der Waals surface area (Å²) >= 11 is 15.6. The maximum atomic E-state index is 6.09. The Morgan fingerprint density at radius 3 is 2.29 bits per heavy atom. The monoisotopic (exact) mass is 469 g/mol. The van der Waals surface area contributed by atoms with Gasteiger partial charge < -0.3 is 4.52 Å². The van der Waals surface area contributed by atoms with Crippen molar-refractivity contribution in [3.63, 3.8) is 0 Å². The Bertz CT molecular complexity index is 1150. The molecule has 0 fully saturated rings. The maximum Gasteiger partial charge on any atom is 0.167 e. The quantitative estimate of drug-likeness (QED) is 0.280. The normalized spacial score (nSPS) is 11.2. The van der Waals surface area contributed by atoms with E-state index < -0.39 is 0 Å². The van der Waals surface area contributed by atoms with Crippen LogP contribution < -0.4 is 0 Å². The lowest BCUT2D eigenvalue weighted by Gasteiger charge is -1.99. The van der Waals surface area contributed by atoms with Crippen molar-refractivity contribution < 1.29 is 4.52 Å². The number of rotatable bonds is 4. The Kier molecular flexibility index (Phi) is 5.67. The van der Waals surface area contributed by atoms with E-state index in [0.29, 0.717) is 21.5 Å². The lowest BCUT2D eigenvalue weighted by Crippen LogP contribution is -1.78. The van der Waals surface area contributed by atoms with Crippen LogP contribution in [0.4, 0.5) is 0 Å². The molecule has 0 saturated heterocycles. The highest BCUT2D eigenvalue weighted by atomic mass is 79.9. The second-order valence-electron chi connectivity index (χ2n) is 6.18. The summed E-state index contributed by atoms with van der Waals surface area (Å²) in [7, 11) is 0. The first-order valence-corrected chi connectivity index (χ1v) is 10.1. The molecule has 5 heteroatoms. The summed E-state index contributed by atoms with van der Waals surface area (Å²) in [4.78, 5) is 0. The van der Waals surface area contributed by atoms with Gasteiger partial charge in [-0.15, -0.1) is 0 Å². The molecule has 1 heterocycles. The number of aromatic nitrogens is 1. The summed E-state index contributed by atoms with van der Waals surface area (Å²) in [5.41, 5.74) is 4.76. The fourth-order valence-electron chi connectivity index (χ4n) is 2.76. The minimum Gasteiger partial charge on any atom is -0.356 e. The lowest BCUT2D eigenvalue weighted by molar-refractivity contribution is 0.435. The smallest absolute Gasteiger partial charge is 0.167 e. The fraction of sp³-hybridized carbons (Fsp3) is 0. The Hall–Kier alpha value is -2.33. The van der Waals surface area contributed by atoms with E-state index in [1.807, 2.05) is 54.6 Å². The predicted octanol–water partition coefficient (Wildman–Crippen LogP) is 8.25. The Labute approximate surface area is 181 Å². The largest absolute Gasteiger partial charge is 0.356 e. The molecular formula is C23H14BrCl2NO. The van der Waals surface area contributed by atoms with Crippen molar-refractivity contribution in [3.05, 3.63) is 98.4 Å². The topological polar surface area (TPSA) is 26.0 Å². The molecule has 0 aliphatic heterocycles. The summed E-state index contributed by atoms with van der Waals surface area (Å²) in [5.74, 6) is 0.697. The minimum absolute atomic E-state index is 0.491. The fourth-order valence-corrected chi connectivity index (χ4v) is 3.47. The van der Waals surface area contributed by atoms with Crippen molar-refractivity contribution in [3.8, 4) is 22.6 Å². The van der Waals surface area contributed by atoms with Gasteiger partial charge in [0.25, 0.3) is 0 Å². The highest BCUT2D eigenvalue weighted by molar-refractivity contribution is 9.10. The van der Waals surface area contributed by atoms with Crippen LogP contribution >= 0.6 is 39.1 Å². The van der Waals surface area contributed by atoms with Crippen LogP contribution in [-0.4, -0.2) is 5.16 Å². The molecule has 0 radical (unpaired) electrons. The van der Waals surface area contributed by atoms with E-state index >= 15 is 0 Å². The summed E-state index contributed by atoms with van der Waals surface area (Å²) < 4.78 is 6.58. The van der Waals surface area contributed by atoms with E-state index in [1.54, 1.807) is 12.1 Å². The molecular weight excluding hydrogens is 457 g/mol. The molecule has 0 unspecified atom stereocenters. The molecule has 2 nitrogen and oxygen atoms in total. The van der Waals surface area contributed by atoms with E-state index in [2.05, 4.69) is 39.3 Å². The van der Waals surface area contributed by atoms with Crippen LogP contribution in [0.2, 0.25) is 10.0 Å². The summed E-state index contributed by atoms with van der Waals surface area (Å²) in [6.45, 7) is 0. The van der Waals surface area contributed by atoms with Gasteiger partial charge in [0.05, 0.1) is 10.0 Å². The van der Waals surface area contributed by atoms with Crippen molar-refractivity contribution >= 4 is 51.3 Å². The van der Waals surface area contributed by atoms with Crippen LogP contribution in [0.25, 0.3) is 34.7 Å². The zero-order valence-electron chi connectivity index (χ0n) is 14.6. The van der Waals surface area contributed by atoms with Gasteiger partial charge in [0.15, 0.2) is 5.76 Å². The number of benzene rings is 3. The Balaban J connectivity index is 1.54. The number of halogens is 3. The van der Waals surface area contributed by atoms with Gasteiger partial charge in [-0.2, -0.15) is 0 Å². The van der Waals surface area contributed by atoms with E-state index in [9.17, 15) is 0 Å². The van der Waals surface area contributed by atoms with Gasteiger partial charge in [-0.3, -0.25) is 0 Å². The second-order valence-corrected chi connectivity index (χ2v) is 7.85. The van der Waals surface area contributed by atoms with Crippen LogP contribution in [0.3, 0.4) is 0 Å². The molecule has 4 rings (SSSR count). The first-order valence-electron chi connectivity index (χ1n) is 8.55. The first-order chi connectivity index (χ1) is 13.6. The van der Waals surface area contributed by atoms with Crippen molar-refractivity contribution in [2.45, 2.75) is 0 Å². The zero-order chi connectivity index (χ0) is 19.5. The average Bonchev–Trinajstić information content (AvgIpc) is 3.20. The van der Waals surface area contributed by atoms with Crippen LogP contribution in [0, 0.1) is 0 Å². The zero-order valence-corrected chi connectivity index (χ0v) is 17.7. The van der Waals surface area contributed by atoms with Crippen molar-refractivity contribution in [2.24, 2.45) is 0 Å². The third-order valence-electron chi connectivity index (χ3n) is 4.28. The summed E-state index contributed by atoms with van der Waals surface area (Å²) in [5, 5.41) is 5.15. The van der Waals surface area contributed by atoms with Crippen LogP contribution in [-0.2, 0) is 0 Å². The highest BCUT2D eigenvalue weighted by Gasteiger charge is 2.10. The molecule has 0 saturated carbocycles. The van der Waals surface area contributed by atoms with E-state index in [4.69, 9.17) is 27.7 Å². The molecule has 4 aromatic rings. The number of hydrogen-bond donors (Lipinski definition) is 0. The molecule has 28 heavy (non-hydrogen) atoms. The van der Waals surface area contributed by atoms with Crippen molar-refractivity contribution in [2.75, 3.05) is 0 Å². The average molecular weight is 471 g/mol. The minimum atomic E-state index is 0.491. The number of nitrogens with zero attached hydrogens (tertiary/aromatic N) is 1. The van der Waals surface area contributed by atoms with Crippen LogP contribution in [0.5, 0.6) is 0 Å². The van der Waals surface area contributed by atoms with Gasteiger partial charge in [-0.25, -0.2) is 0 Å². The van der Waals surface area contributed by atoms with E-state index in [0.717, 1.165) is 26.7 Å². The standard InChI is InChI=1S/C23H14BrCl2NO/c24-19-4-2-1-3-16(19)8-5-15-6-9-17(10-7-15)23-14-22(27-28-23)18-11-12-20(25)21(26)13-18/h1-14H/b8-5+. The Morgan fingerprint density at radius 1 is 0.786 bits per heavy atom. The third-order valence-corrected chi connectivity index (χ3v) is 5.74. The molecule has 0 aliphatic rings. The molecule has 0 amide bonds.